The number of amides is 1. The number of carbonyl (C=O) groups is 1. The molecule has 2 rings (SSSR count). The fraction of sp³-hybridized carbons (Fsp3) is 0.667. The molecular formula is C21H33NO4. The summed E-state index contributed by atoms with van der Waals surface area (Å²) in [5.74, 6) is 1.87. The lowest BCUT2D eigenvalue weighted by molar-refractivity contribution is -0.155. The largest absolute Gasteiger partial charge is 0.497 e. The maximum Gasteiger partial charge on any atom is 0.252 e. The number of aliphatic hydroxyl groups is 1. The second-order valence-electron chi connectivity index (χ2n) is 7.89. The van der Waals surface area contributed by atoms with Crippen LogP contribution >= 0.6 is 0 Å². The summed E-state index contributed by atoms with van der Waals surface area (Å²) in [7, 11) is 3.23. The third kappa shape index (κ3) is 4.70. The van der Waals surface area contributed by atoms with Crippen LogP contribution in [-0.4, -0.2) is 37.4 Å². The fourth-order valence-electron chi connectivity index (χ4n) is 4.12. The van der Waals surface area contributed by atoms with E-state index in [4.69, 9.17) is 9.47 Å². The molecule has 5 nitrogen and oxygen atoms in total. The van der Waals surface area contributed by atoms with Crippen molar-refractivity contribution in [2.45, 2.75) is 52.1 Å². The van der Waals surface area contributed by atoms with Gasteiger partial charge in [0.15, 0.2) is 0 Å². The van der Waals surface area contributed by atoms with E-state index in [0.717, 1.165) is 29.9 Å². The highest BCUT2D eigenvalue weighted by Gasteiger charge is 2.48. The Morgan fingerprint density at radius 1 is 1.23 bits per heavy atom. The Bertz CT molecular complexity index is 594. The van der Waals surface area contributed by atoms with Crippen LogP contribution in [0.1, 0.15) is 45.6 Å². The van der Waals surface area contributed by atoms with E-state index >= 15 is 0 Å². The van der Waals surface area contributed by atoms with Crippen LogP contribution < -0.4 is 14.8 Å². The van der Waals surface area contributed by atoms with Crippen molar-refractivity contribution in [2.75, 3.05) is 20.8 Å². The first-order valence-corrected chi connectivity index (χ1v) is 9.52. The van der Waals surface area contributed by atoms with E-state index in [9.17, 15) is 9.90 Å². The summed E-state index contributed by atoms with van der Waals surface area (Å²) in [5.41, 5.74) is -0.247. The molecule has 0 spiro atoms. The maximum absolute atomic E-state index is 12.8. The summed E-state index contributed by atoms with van der Waals surface area (Å²) in [6.07, 6.45) is 3.16. The van der Waals surface area contributed by atoms with Crippen molar-refractivity contribution in [1.29, 1.82) is 0 Å². The lowest BCUT2D eigenvalue weighted by Gasteiger charge is -2.43. The highest BCUT2D eigenvalue weighted by molar-refractivity contribution is 5.85. The third-order valence-electron chi connectivity index (χ3n) is 5.55. The van der Waals surface area contributed by atoms with Crippen LogP contribution in [0.15, 0.2) is 18.2 Å². The van der Waals surface area contributed by atoms with E-state index in [1.54, 1.807) is 14.2 Å². The minimum absolute atomic E-state index is 0.00983. The first kappa shape index (κ1) is 20.6. The lowest BCUT2D eigenvalue weighted by Crippen LogP contribution is -2.56. The zero-order valence-electron chi connectivity index (χ0n) is 16.7. The number of hydrogen-bond acceptors (Lipinski definition) is 4. The SMILES string of the molecule is COc1cc(CCNC(=O)C2(O)CC(C)CCC2C(C)C)cc(OC)c1. The van der Waals surface area contributed by atoms with E-state index in [1.807, 2.05) is 18.2 Å². The van der Waals surface area contributed by atoms with Gasteiger partial charge in [-0.2, -0.15) is 0 Å². The van der Waals surface area contributed by atoms with Gasteiger partial charge in [0.05, 0.1) is 14.2 Å². The molecule has 0 radical (unpaired) electrons. The van der Waals surface area contributed by atoms with E-state index in [1.165, 1.54) is 0 Å². The van der Waals surface area contributed by atoms with Gasteiger partial charge in [0, 0.05) is 12.6 Å². The Hall–Kier alpha value is -1.75. The molecule has 3 unspecified atom stereocenters. The van der Waals surface area contributed by atoms with Gasteiger partial charge in [0.25, 0.3) is 5.91 Å². The van der Waals surface area contributed by atoms with E-state index in [-0.39, 0.29) is 17.7 Å². The molecule has 26 heavy (non-hydrogen) atoms. The number of nitrogens with one attached hydrogen (secondary N) is 1. The molecular weight excluding hydrogens is 330 g/mol. The van der Waals surface area contributed by atoms with Gasteiger partial charge in [-0.25, -0.2) is 0 Å². The van der Waals surface area contributed by atoms with Crippen LogP contribution in [0, 0.1) is 17.8 Å². The highest BCUT2D eigenvalue weighted by Crippen LogP contribution is 2.41. The van der Waals surface area contributed by atoms with Gasteiger partial charge < -0.3 is 19.9 Å². The van der Waals surface area contributed by atoms with E-state index < -0.39 is 5.60 Å². The molecule has 0 aliphatic heterocycles. The van der Waals surface area contributed by atoms with Crippen molar-refractivity contribution < 1.29 is 19.4 Å². The number of benzene rings is 1. The van der Waals surface area contributed by atoms with Crippen molar-refractivity contribution in [3.05, 3.63) is 23.8 Å². The van der Waals surface area contributed by atoms with Gasteiger partial charge in [-0.15, -0.1) is 0 Å². The molecule has 1 fully saturated rings. The molecule has 1 saturated carbocycles. The summed E-state index contributed by atoms with van der Waals surface area (Å²) < 4.78 is 10.6. The van der Waals surface area contributed by atoms with Crippen LogP contribution in [0.25, 0.3) is 0 Å². The molecule has 2 N–H and O–H groups in total. The Morgan fingerprint density at radius 3 is 2.38 bits per heavy atom. The highest BCUT2D eigenvalue weighted by atomic mass is 16.5. The fourth-order valence-corrected chi connectivity index (χ4v) is 4.12. The minimum Gasteiger partial charge on any atom is -0.497 e. The van der Waals surface area contributed by atoms with Crippen LogP contribution in [0.4, 0.5) is 0 Å². The summed E-state index contributed by atoms with van der Waals surface area (Å²) in [6, 6.07) is 5.69. The molecule has 1 aliphatic carbocycles. The van der Waals surface area contributed by atoms with Crippen LogP contribution in [0.5, 0.6) is 11.5 Å². The number of hydrogen-bond donors (Lipinski definition) is 2. The smallest absolute Gasteiger partial charge is 0.252 e. The average Bonchev–Trinajstić information content (AvgIpc) is 2.60. The molecule has 0 heterocycles. The lowest BCUT2D eigenvalue weighted by atomic mass is 9.66. The van der Waals surface area contributed by atoms with Crippen molar-refractivity contribution >= 4 is 5.91 Å². The molecule has 146 valence electrons. The van der Waals surface area contributed by atoms with Crippen molar-refractivity contribution in [1.82, 2.24) is 5.32 Å². The first-order valence-electron chi connectivity index (χ1n) is 9.52. The molecule has 0 aromatic heterocycles. The molecule has 1 aliphatic rings. The normalized spacial score (nSPS) is 25.8. The van der Waals surface area contributed by atoms with E-state index in [2.05, 4.69) is 26.1 Å². The van der Waals surface area contributed by atoms with E-state index in [0.29, 0.717) is 25.3 Å². The molecule has 1 aromatic rings. The molecule has 0 saturated heterocycles. The van der Waals surface area contributed by atoms with Gasteiger partial charge >= 0.3 is 0 Å². The summed E-state index contributed by atoms with van der Waals surface area (Å²) in [6.45, 7) is 6.75. The summed E-state index contributed by atoms with van der Waals surface area (Å²) in [5, 5.41) is 14.1. The van der Waals surface area contributed by atoms with Crippen molar-refractivity contribution in [3.63, 3.8) is 0 Å². The Labute approximate surface area is 157 Å². The Morgan fingerprint density at radius 2 is 1.85 bits per heavy atom. The Balaban J connectivity index is 2.01. The minimum atomic E-state index is -1.27. The monoisotopic (exact) mass is 363 g/mol. The second kappa shape index (κ2) is 8.76. The maximum atomic E-state index is 12.8. The number of ether oxygens (including phenoxy) is 2. The molecule has 5 heteroatoms. The summed E-state index contributed by atoms with van der Waals surface area (Å²) >= 11 is 0. The second-order valence-corrected chi connectivity index (χ2v) is 7.89. The number of rotatable bonds is 7. The van der Waals surface area contributed by atoms with Crippen LogP contribution in [-0.2, 0) is 11.2 Å². The predicted octanol–water partition coefficient (Wildman–Crippen LogP) is 3.19. The quantitative estimate of drug-likeness (QED) is 0.781. The van der Waals surface area contributed by atoms with Crippen LogP contribution in [0.3, 0.4) is 0 Å². The first-order chi connectivity index (χ1) is 12.3. The van der Waals surface area contributed by atoms with Crippen molar-refractivity contribution in [2.24, 2.45) is 17.8 Å². The Kier molecular flexibility index (Phi) is 6.93. The average molecular weight is 363 g/mol. The molecule has 3 atom stereocenters. The standard InChI is InChI=1S/C21H33NO4/c1-14(2)19-7-6-15(3)13-21(19,24)20(23)22-9-8-16-10-17(25-4)12-18(11-16)26-5/h10-12,14-15,19,24H,6-9,13H2,1-5H3,(H,22,23). The topological polar surface area (TPSA) is 67.8 Å². The predicted molar refractivity (Wildman–Crippen MR) is 103 cm³/mol. The molecule has 0 bridgehead atoms. The number of carbonyl (C=O) groups excluding carboxylic acids is 1. The van der Waals surface area contributed by atoms with Gasteiger partial charge in [-0.1, -0.05) is 27.2 Å². The molecule has 1 aromatic carbocycles. The third-order valence-corrected chi connectivity index (χ3v) is 5.55. The summed E-state index contributed by atoms with van der Waals surface area (Å²) in [4.78, 5) is 12.8. The van der Waals surface area contributed by atoms with Gasteiger partial charge in [0.2, 0.25) is 0 Å². The van der Waals surface area contributed by atoms with Crippen molar-refractivity contribution in [3.8, 4) is 11.5 Å². The van der Waals surface area contributed by atoms with Gasteiger partial charge in [-0.3, -0.25) is 4.79 Å². The zero-order chi connectivity index (χ0) is 19.3. The van der Waals surface area contributed by atoms with Gasteiger partial charge in [-0.05, 0) is 54.7 Å². The zero-order valence-corrected chi connectivity index (χ0v) is 16.7. The van der Waals surface area contributed by atoms with Crippen LogP contribution in [0.2, 0.25) is 0 Å². The molecule has 1 amide bonds. The number of methoxy groups -OCH3 is 2. The van der Waals surface area contributed by atoms with Gasteiger partial charge in [0.1, 0.15) is 17.1 Å².